The maximum absolute atomic E-state index is 10.8. The van der Waals surface area contributed by atoms with Crippen LogP contribution in [-0.4, -0.2) is 71.8 Å². The molecule has 0 aromatic carbocycles. The Bertz CT molecular complexity index is 320. The second-order valence-corrected chi connectivity index (χ2v) is 6.31. The molecule has 2 aliphatic heterocycles. The molecule has 0 aromatic heterocycles. The molecule has 1 unspecified atom stereocenters. The van der Waals surface area contributed by atoms with Crippen molar-refractivity contribution in [3.05, 3.63) is 0 Å². The van der Waals surface area contributed by atoms with Gasteiger partial charge in [0.05, 0.1) is 12.1 Å². The maximum atomic E-state index is 10.8. The zero-order valence-electron chi connectivity index (χ0n) is 12.1. The molecule has 2 saturated heterocycles. The van der Waals surface area contributed by atoms with Crippen LogP contribution in [-0.2, 0) is 9.53 Å². The minimum Gasteiger partial charge on any atom is -0.480 e. The number of hydrogen-bond acceptors (Lipinski definition) is 4. The van der Waals surface area contributed by atoms with Crippen LogP contribution < -0.4 is 0 Å². The third-order valence-electron chi connectivity index (χ3n) is 4.17. The average molecular weight is 270 g/mol. The lowest BCUT2D eigenvalue weighted by molar-refractivity contribution is -0.138. The fourth-order valence-electron chi connectivity index (χ4n) is 3.22. The second kappa shape index (κ2) is 6.20. The quantitative estimate of drug-likeness (QED) is 0.830. The Hall–Kier alpha value is -0.650. The van der Waals surface area contributed by atoms with Crippen molar-refractivity contribution in [1.82, 2.24) is 9.80 Å². The number of carbonyl (C=O) groups is 1. The van der Waals surface area contributed by atoms with Gasteiger partial charge in [-0.2, -0.15) is 0 Å². The van der Waals surface area contributed by atoms with Crippen LogP contribution in [0, 0.1) is 0 Å². The maximum Gasteiger partial charge on any atom is 0.317 e. The van der Waals surface area contributed by atoms with Gasteiger partial charge in [0, 0.05) is 32.3 Å². The van der Waals surface area contributed by atoms with E-state index in [4.69, 9.17) is 9.84 Å². The van der Waals surface area contributed by atoms with Gasteiger partial charge in [0.25, 0.3) is 0 Å². The smallest absolute Gasteiger partial charge is 0.317 e. The number of carboxylic acids is 1. The zero-order chi connectivity index (χ0) is 13.9. The van der Waals surface area contributed by atoms with E-state index in [0.29, 0.717) is 6.04 Å². The number of hydrogen-bond donors (Lipinski definition) is 1. The zero-order valence-corrected chi connectivity index (χ0v) is 12.1. The monoisotopic (exact) mass is 270 g/mol. The number of aliphatic carboxylic acids is 1. The van der Waals surface area contributed by atoms with Gasteiger partial charge in [-0.1, -0.05) is 0 Å². The molecule has 0 bridgehead atoms. The van der Waals surface area contributed by atoms with Gasteiger partial charge in [0.15, 0.2) is 0 Å². The van der Waals surface area contributed by atoms with Crippen molar-refractivity contribution >= 4 is 5.97 Å². The van der Waals surface area contributed by atoms with Crippen LogP contribution in [0.2, 0.25) is 0 Å². The Morgan fingerprint density at radius 1 is 1.32 bits per heavy atom. The molecule has 19 heavy (non-hydrogen) atoms. The standard InChI is InChI=1S/C14H26N2O3/c1-14(2)10-12(4-9-19-14)16-6-3-5-15(7-8-16)11-13(17)18/h12H,3-11H2,1-2H3,(H,17,18). The topological polar surface area (TPSA) is 53.0 Å². The van der Waals surface area contributed by atoms with E-state index in [1.54, 1.807) is 0 Å². The van der Waals surface area contributed by atoms with E-state index < -0.39 is 5.97 Å². The van der Waals surface area contributed by atoms with Crippen molar-refractivity contribution in [2.45, 2.75) is 44.8 Å². The summed E-state index contributed by atoms with van der Waals surface area (Å²) in [6, 6.07) is 0.591. The first kappa shape index (κ1) is 14.8. The summed E-state index contributed by atoms with van der Waals surface area (Å²) in [5, 5.41) is 8.87. The lowest BCUT2D eigenvalue weighted by Crippen LogP contribution is -2.47. The predicted octanol–water partition coefficient (Wildman–Crippen LogP) is 1.04. The van der Waals surface area contributed by atoms with E-state index in [0.717, 1.165) is 52.0 Å². The van der Waals surface area contributed by atoms with Crippen molar-refractivity contribution in [2.75, 3.05) is 39.3 Å². The van der Waals surface area contributed by atoms with Crippen molar-refractivity contribution in [3.63, 3.8) is 0 Å². The molecule has 2 aliphatic rings. The highest BCUT2D eigenvalue weighted by Gasteiger charge is 2.32. The third-order valence-corrected chi connectivity index (χ3v) is 4.17. The lowest BCUT2D eigenvalue weighted by atomic mass is 9.92. The molecule has 5 heteroatoms. The third kappa shape index (κ3) is 4.44. The summed E-state index contributed by atoms with van der Waals surface area (Å²) >= 11 is 0. The number of nitrogens with zero attached hydrogens (tertiary/aromatic N) is 2. The van der Waals surface area contributed by atoms with Gasteiger partial charge < -0.3 is 9.84 Å². The highest BCUT2D eigenvalue weighted by Crippen LogP contribution is 2.27. The molecule has 1 atom stereocenters. The van der Waals surface area contributed by atoms with Crippen LogP contribution >= 0.6 is 0 Å². The SMILES string of the molecule is CC1(C)CC(N2CCCN(CC(=O)O)CC2)CCO1. The molecule has 2 rings (SSSR count). The second-order valence-electron chi connectivity index (χ2n) is 6.31. The Morgan fingerprint density at radius 3 is 2.79 bits per heavy atom. The Labute approximate surface area is 115 Å². The summed E-state index contributed by atoms with van der Waals surface area (Å²) in [7, 11) is 0. The van der Waals surface area contributed by atoms with Crippen molar-refractivity contribution in [2.24, 2.45) is 0 Å². The van der Waals surface area contributed by atoms with Crippen LogP contribution in [0.3, 0.4) is 0 Å². The van der Waals surface area contributed by atoms with Crippen LogP contribution in [0.15, 0.2) is 0 Å². The highest BCUT2D eigenvalue weighted by molar-refractivity contribution is 5.69. The van der Waals surface area contributed by atoms with E-state index in [1.165, 1.54) is 0 Å². The predicted molar refractivity (Wildman–Crippen MR) is 73.3 cm³/mol. The number of carboxylic acid groups (broad SMARTS) is 1. The summed E-state index contributed by atoms with van der Waals surface area (Å²) < 4.78 is 5.78. The Morgan fingerprint density at radius 2 is 2.11 bits per heavy atom. The van der Waals surface area contributed by atoms with Crippen LogP contribution in [0.1, 0.15) is 33.1 Å². The molecule has 0 saturated carbocycles. The summed E-state index contributed by atoms with van der Waals surface area (Å²) in [5.41, 5.74) is -0.0179. The van der Waals surface area contributed by atoms with Crippen LogP contribution in [0.4, 0.5) is 0 Å². The van der Waals surface area contributed by atoms with Crippen molar-refractivity contribution in [3.8, 4) is 0 Å². The molecular weight excluding hydrogens is 244 g/mol. The van der Waals surface area contributed by atoms with Gasteiger partial charge in [0.2, 0.25) is 0 Å². The number of rotatable bonds is 3. The number of ether oxygens (including phenoxy) is 1. The first-order valence-corrected chi connectivity index (χ1v) is 7.28. The Balaban J connectivity index is 1.86. The molecule has 5 nitrogen and oxygen atoms in total. The molecule has 0 radical (unpaired) electrons. The minimum atomic E-state index is -0.722. The summed E-state index contributed by atoms with van der Waals surface area (Å²) in [6.07, 6.45) is 3.24. The van der Waals surface area contributed by atoms with Crippen LogP contribution in [0.25, 0.3) is 0 Å². The van der Waals surface area contributed by atoms with E-state index >= 15 is 0 Å². The Kier molecular flexibility index (Phi) is 4.81. The van der Waals surface area contributed by atoms with E-state index in [9.17, 15) is 4.79 Å². The fourth-order valence-corrected chi connectivity index (χ4v) is 3.22. The first-order chi connectivity index (χ1) is 8.96. The van der Waals surface area contributed by atoms with Gasteiger partial charge >= 0.3 is 5.97 Å². The summed E-state index contributed by atoms with van der Waals surface area (Å²) in [6.45, 7) is 9.16. The van der Waals surface area contributed by atoms with Gasteiger partial charge in [0.1, 0.15) is 0 Å². The summed E-state index contributed by atoms with van der Waals surface area (Å²) in [5.74, 6) is -0.722. The van der Waals surface area contributed by atoms with Gasteiger partial charge in [-0.25, -0.2) is 0 Å². The van der Waals surface area contributed by atoms with Crippen molar-refractivity contribution < 1.29 is 14.6 Å². The molecule has 2 fully saturated rings. The van der Waals surface area contributed by atoms with Gasteiger partial charge in [-0.15, -0.1) is 0 Å². The average Bonchev–Trinajstić information content (AvgIpc) is 2.52. The lowest BCUT2D eigenvalue weighted by Gasteiger charge is -2.41. The van der Waals surface area contributed by atoms with Gasteiger partial charge in [-0.3, -0.25) is 14.6 Å². The molecule has 1 N–H and O–H groups in total. The molecule has 0 aliphatic carbocycles. The van der Waals surface area contributed by atoms with Crippen molar-refractivity contribution in [1.29, 1.82) is 0 Å². The summed E-state index contributed by atoms with van der Waals surface area (Å²) in [4.78, 5) is 15.4. The molecule has 0 amide bonds. The van der Waals surface area contributed by atoms with E-state index in [1.807, 2.05) is 4.90 Å². The molecule has 110 valence electrons. The van der Waals surface area contributed by atoms with Crippen LogP contribution in [0.5, 0.6) is 0 Å². The molecule has 0 spiro atoms. The normalized spacial score (nSPS) is 29.9. The minimum absolute atomic E-state index is 0.0179. The fraction of sp³-hybridized carbons (Fsp3) is 0.929. The molecular formula is C14H26N2O3. The largest absolute Gasteiger partial charge is 0.480 e. The van der Waals surface area contributed by atoms with Gasteiger partial charge in [-0.05, 0) is 39.7 Å². The first-order valence-electron chi connectivity index (χ1n) is 7.28. The molecule has 2 heterocycles. The molecule has 0 aromatic rings. The van der Waals surface area contributed by atoms with E-state index in [2.05, 4.69) is 18.7 Å². The van der Waals surface area contributed by atoms with E-state index in [-0.39, 0.29) is 12.1 Å². The highest BCUT2D eigenvalue weighted by atomic mass is 16.5.